The zero-order chi connectivity index (χ0) is 27.8. The number of nitrogens with zero attached hydrogens (tertiary/aromatic N) is 5. The van der Waals surface area contributed by atoms with Crippen LogP contribution >= 0.6 is 0 Å². The Labute approximate surface area is 232 Å². The van der Waals surface area contributed by atoms with Gasteiger partial charge in [0.25, 0.3) is 0 Å². The van der Waals surface area contributed by atoms with Crippen molar-refractivity contribution in [3.63, 3.8) is 0 Å². The zero-order valence-electron chi connectivity index (χ0n) is 23.2. The van der Waals surface area contributed by atoms with E-state index in [9.17, 15) is 4.39 Å². The number of hydrogen-bond donors (Lipinski definition) is 2. The van der Waals surface area contributed by atoms with Crippen molar-refractivity contribution >= 4 is 27.5 Å². The van der Waals surface area contributed by atoms with E-state index in [1.54, 1.807) is 12.1 Å². The van der Waals surface area contributed by atoms with Crippen LogP contribution in [0.25, 0.3) is 55.6 Å². The molecule has 6 aromatic rings. The van der Waals surface area contributed by atoms with E-state index in [4.69, 9.17) is 0 Å². The van der Waals surface area contributed by atoms with Gasteiger partial charge >= 0.3 is 0 Å². The Morgan fingerprint density at radius 3 is 2.55 bits per heavy atom. The maximum Gasteiger partial charge on any atom is 0.124 e. The summed E-state index contributed by atoms with van der Waals surface area (Å²) in [6, 6.07) is 17.7. The van der Waals surface area contributed by atoms with E-state index >= 15 is 0 Å². The molecule has 0 aliphatic heterocycles. The number of benzene rings is 2. The summed E-state index contributed by atoms with van der Waals surface area (Å²) in [6.45, 7) is 0.967. The van der Waals surface area contributed by atoms with Crippen LogP contribution in [0.1, 0.15) is 12.0 Å². The monoisotopic (exact) mass is 533 g/mol. The van der Waals surface area contributed by atoms with E-state index < -0.39 is 0 Å². The average Bonchev–Trinajstić information content (AvgIpc) is 3.56. The largest absolute Gasteiger partial charge is 0.376 e. The number of fused-ring (bicyclic) bond motifs is 2. The number of halogens is 1. The Morgan fingerprint density at radius 1 is 0.850 bits per heavy atom. The molecule has 0 saturated heterocycles. The van der Waals surface area contributed by atoms with Gasteiger partial charge in [0.1, 0.15) is 11.5 Å². The van der Waals surface area contributed by atoms with Gasteiger partial charge in [-0.05, 0) is 86.6 Å². The van der Waals surface area contributed by atoms with Gasteiger partial charge in [-0.15, -0.1) is 0 Å². The van der Waals surface area contributed by atoms with Gasteiger partial charge in [0.2, 0.25) is 0 Å². The molecule has 0 aliphatic carbocycles. The lowest BCUT2D eigenvalue weighted by molar-refractivity contribution is 0.400. The molecule has 2 N–H and O–H groups in total. The third-order valence-corrected chi connectivity index (χ3v) is 7.24. The van der Waals surface area contributed by atoms with E-state index in [1.807, 2.05) is 61.9 Å². The molecule has 0 atom stereocenters. The summed E-state index contributed by atoms with van der Waals surface area (Å²) < 4.78 is 14.7. The molecule has 7 nitrogen and oxygen atoms in total. The number of anilines is 1. The summed E-state index contributed by atoms with van der Waals surface area (Å²) in [5.41, 5.74) is 9.15. The molecule has 2 aromatic carbocycles. The van der Waals surface area contributed by atoms with Crippen LogP contribution < -0.4 is 4.90 Å². The molecule has 4 heterocycles. The number of nitrogens with one attached hydrogen (secondary N) is 2. The van der Waals surface area contributed by atoms with Gasteiger partial charge in [-0.1, -0.05) is 18.2 Å². The maximum absolute atomic E-state index is 14.7. The van der Waals surface area contributed by atoms with Crippen molar-refractivity contribution < 1.29 is 4.39 Å². The Morgan fingerprint density at radius 2 is 1.73 bits per heavy atom. The SMILES string of the molecule is CN(C)CCCc1cc(F)cc(-c2cccc3[nH]c(-c4n[nH]c5cnc(-c6cncc(N(C)C)c6)cc45)cc23)c1. The number of aromatic nitrogens is 5. The molecule has 202 valence electrons. The van der Waals surface area contributed by atoms with Crippen LogP contribution in [0.5, 0.6) is 0 Å². The number of aryl methyl sites for hydroxylation is 1. The number of aromatic amines is 2. The van der Waals surface area contributed by atoms with Crippen LogP contribution in [0, 0.1) is 5.82 Å². The van der Waals surface area contributed by atoms with Crippen LogP contribution in [-0.2, 0) is 6.42 Å². The molecule has 0 saturated carbocycles. The van der Waals surface area contributed by atoms with Crippen LogP contribution in [0.15, 0.2) is 73.2 Å². The fraction of sp³-hybridized carbons (Fsp3) is 0.219. The minimum Gasteiger partial charge on any atom is -0.376 e. The molecule has 0 amide bonds. The fourth-order valence-corrected chi connectivity index (χ4v) is 5.18. The topological polar surface area (TPSA) is 76.7 Å². The van der Waals surface area contributed by atoms with E-state index in [0.717, 1.165) is 86.2 Å². The molecule has 0 spiro atoms. The molecule has 40 heavy (non-hydrogen) atoms. The van der Waals surface area contributed by atoms with Crippen LogP contribution in [0.2, 0.25) is 0 Å². The van der Waals surface area contributed by atoms with E-state index in [0.29, 0.717) is 0 Å². The van der Waals surface area contributed by atoms with E-state index in [2.05, 4.69) is 62.3 Å². The maximum atomic E-state index is 14.7. The Balaban J connectivity index is 1.39. The van der Waals surface area contributed by atoms with Gasteiger partial charge in [-0.25, -0.2) is 4.39 Å². The first kappa shape index (κ1) is 25.7. The van der Waals surface area contributed by atoms with Crippen molar-refractivity contribution in [1.82, 2.24) is 30.0 Å². The molecule has 6 rings (SSSR count). The third kappa shape index (κ3) is 5.05. The zero-order valence-corrected chi connectivity index (χ0v) is 23.2. The van der Waals surface area contributed by atoms with Gasteiger partial charge in [-0.3, -0.25) is 15.1 Å². The van der Waals surface area contributed by atoms with Crippen molar-refractivity contribution in [3.8, 4) is 33.8 Å². The highest BCUT2D eigenvalue weighted by molar-refractivity contribution is 6.01. The summed E-state index contributed by atoms with van der Waals surface area (Å²) in [5, 5.41) is 9.74. The Hall–Kier alpha value is -4.56. The van der Waals surface area contributed by atoms with Gasteiger partial charge < -0.3 is 14.8 Å². The van der Waals surface area contributed by atoms with Crippen molar-refractivity contribution in [2.45, 2.75) is 12.8 Å². The first-order chi connectivity index (χ1) is 19.4. The van der Waals surface area contributed by atoms with E-state index in [-0.39, 0.29) is 5.82 Å². The Kier molecular flexibility index (Phi) is 6.77. The van der Waals surface area contributed by atoms with E-state index in [1.165, 1.54) is 0 Å². The van der Waals surface area contributed by atoms with Crippen LogP contribution in [0.3, 0.4) is 0 Å². The van der Waals surface area contributed by atoms with Gasteiger partial charge in [0, 0.05) is 42.1 Å². The second-order valence-electron chi connectivity index (χ2n) is 10.7. The number of H-pyrrole nitrogens is 2. The van der Waals surface area contributed by atoms with Crippen molar-refractivity contribution in [2.24, 2.45) is 0 Å². The molecule has 0 radical (unpaired) electrons. The standard InChI is InChI=1S/C32H32FN7/c1-39(2)10-6-7-20-11-21(13-23(33)12-20)25-8-5-9-28-26(25)15-30(36-28)32-27-16-29(35-19-31(27)37-38-32)22-14-24(40(3)4)18-34-17-22/h5,8-9,11-19,36H,6-7,10H2,1-4H3,(H,37,38). The fourth-order valence-electron chi connectivity index (χ4n) is 5.18. The van der Waals surface area contributed by atoms with Crippen molar-refractivity contribution in [2.75, 3.05) is 39.6 Å². The predicted octanol–water partition coefficient (Wildman–Crippen LogP) is 6.53. The lowest BCUT2D eigenvalue weighted by Gasteiger charge is -2.12. The van der Waals surface area contributed by atoms with Crippen molar-refractivity contribution in [3.05, 3.63) is 84.6 Å². The Bertz CT molecular complexity index is 1820. The first-order valence-electron chi connectivity index (χ1n) is 13.4. The highest BCUT2D eigenvalue weighted by atomic mass is 19.1. The minimum atomic E-state index is -0.212. The highest BCUT2D eigenvalue weighted by Crippen LogP contribution is 2.35. The summed E-state index contributed by atoms with van der Waals surface area (Å²) in [5.74, 6) is -0.212. The minimum absolute atomic E-state index is 0.212. The summed E-state index contributed by atoms with van der Waals surface area (Å²) in [4.78, 5) is 16.8. The first-order valence-corrected chi connectivity index (χ1v) is 13.4. The average molecular weight is 534 g/mol. The van der Waals surface area contributed by atoms with Crippen LogP contribution in [0.4, 0.5) is 10.1 Å². The second-order valence-corrected chi connectivity index (χ2v) is 10.7. The van der Waals surface area contributed by atoms with Gasteiger partial charge in [0.15, 0.2) is 0 Å². The molecule has 0 unspecified atom stereocenters. The second kappa shape index (κ2) is 10.5. The summed E-state index contributed by atoms with van der Waals surface area (Å²) in [7, 11) is 8.10. The highest BCUT2D eigenvalue weighted by Gasteiger charge is 2.16. The summed E-state index contributed by atoms with van der Waals surface area (Å²) >= 11 is 0. The molecule has 0 bridgehead atoms. The molecule has 0 aliphatic rings. The number of rotatable bonds is 8. The van der Waals surface area contributed by atoms with Crippen LogP contribution in [-0.4, -0.2) is 64.8 Å². The lowest BCUT2D eigenvalue weighted by Crippen LogP contribution is -2.13. The quantitative estimate of drug-likeness (QED) is 0.233. The normalized spacial score (nSPS) is 11.7. The van der Waals surface area contributed by atoms with Gasteiger partial charge in [-0.2, -0.15) is 5.10 Å². The molecule has 8 heteroatoms. The predicted molar refractivity (Wildman–Crippen MR) is 161 cm³/mol. The number of hydrogen-bond acceptors (Lipinski definition) is 5. The van der Waals surface area contributed by atoms with Gasteiger partial charge in [0.05, 0.1) is 35.0 Å². The number of pyridine rings is 2. The van der Waals surface area contributed by atoms with Crippen molar-refractivity contribution in [1.29, 1.82) is 0 Å². The smallest absolute Gasteiger partial charge is 0.124 e. The third-order valence-electron chi connectivity index (χ3n) is 7.24. The summed E-state index contributed by atoms with van der Waals surface area (Å²) in [6.07, 6.45) is 7.28. The molecular weight excluding hydrogens is 501 g/mol. The molecular formula is C32H32FN7. The lowest BCUT2D eigenvalue weighted by atomic mass is 9.98. The molecule has 4 aromatic heterocycles. The molecule has 0 fully saturated rings.